The Morgan fingerprint density at radius 1 is 1.14 bits per heavy atom. The molecule has 6 heteroatoms. The van der Waals surface area contributed by atoms with Gasteiger partial charge in [0.25, 0.3) is 5.91 Å². The van der Waals surface area contributed by atoms with E-state index in [-0.39, 0.29) is 31.1 Å². The maximum absolute atomic E-state index is 12.3. The number of hydrogen-bond acceptors (Lipinski definition) is 5. The molecule has 0 spiro atoms. The number of aliphatic hydroxyl groups is 1. The van der Waals surface area contributed by atoms with Crippen LogP contribution in [0.1, 0.15) is 13.8 Å². The molecule has 0 fully saturated rings. The number of benzene rings is 2. The van der Waals surface area contributed by atoms with Crippen molar-refractivity contribution in [1.29, 1.82) is 0 Å². The summed E-state index contributed by atoms with van der Waals surface area (Å²) in [5.74, 6) is 0.208. The summed E-state index contributed by atoms with van der Waals surface area (Å²) >= 11 is 0. The summed E-state index contributed by atoms with van der Waals surface area (Å²) in [7, 11) is 0. The molecule has 2 aromatic carbocycles. The first-order valence-corrected chi connectivity index (χ1v) is 9.14. The molecule has 0 aliphatic heterocycles. The molecule has 3 rings (SSSR count). The van der Waals surface area contributed by atoms with Gasteiger partial charge in [0.05, 0.1) is 18.2 Å². The van der Waals surface area contributed by atoms with Crippen molar-refractivity contribution in [3.8, 4) is 16.9 Å². The minimum atomic E-state index is -0.434. The normalized spacial score (nSPS) is 12.1. The summed E-state index contributed by atoms with van der Waals surface area (Å²) < 4.78 is 10.9. The van der Waals surface area contributed by atoms with Crippen LogP contribution in [-0.4, -0.2) is 30.3 Å². The van der Waals surface area contributed by atoms with Gasteiger partial charge in [0.1, 0.15) is 11.3 Å². The second kappa shape index (κ2) is 8.71. The van der Waals surface area contributed by atoms with Crippen LogP contribution in [0.3, 0.4) is 0 Å². The first-order chi connectivity index (χ1) is 13.5. The molecular weight excluding hydrogens is 358 g/mol. The SMILES string of the molecule is CC(C)[C@@H](CO)NC(=O)COc1ccc2cc(-c3ccccc3)c(=O)oc2c1. The average Bonchev–Trinajstić information content (AvgIpc) is 2.70. The molecule has 1 aromatic heterocycles. The first kappa shape index (κ1) is 19.6. The monoisotopic (exact) mass is 381 g/mol. The number of nitrogens with one attached hydrogen (secondary N) is 1. The van der Waals surface area contributed by atoms with Crippen molar-refractivity contribution >= 4 is 16.9 Å². The summed E-state index contributed by atoms with van der Waals surface area (Å²) in [5, 5.41) is 12.8. The van der Waals surface area contributed by atoms with Gasteiger partial charge in [0, 0.05) is 11.5 Å². The van der Waals surface area contributed by atoms with Gasteiger partial charge in [0.2, 0.25) is 0 Å². The Kier molecular flexibility index (Phi) is 6.11. The Hall–Kier alpha value is -3.12. The van der Waals surface area contributed by atoms with E-state index in [2.05, 4.69) is 5.32 Å². The fourth-order valence-corrected chi connectivity index (χ4v) is 2.82. The zero-order chi connectivity index (χ0) is 20.1. The van der Waals surface area contributed by atoms with Gasteiger partial charge < -0.3 is 19.6 Å². The number of rotatable bonds is 7. The van der Waals surface area contributed by atoms with Crippen LogP contribution in [0.5, 0.6) is 5.75 Å². The summed E-state index contributed by atoms with van der Waals surface area (Å²) in [6.07, 6.45) is 0. The quantitative estimate of drug-likeness (QED) is 0.614. The maximum atomic E-state index is 12.3. The molecule has 1 heterocycles. The molecule has 146 valence electrons. The van der Waals surface area contributed by atoms with Crippen molar-refractivity contribution in [2.24, 2.45) is 5.92 Å². The Morgan fingerprint density at radius 3 is 2.57 bits per heavy atom. The molecule has 0 bridgehead atoms. The summed E-state index contributed by atoms with van der Waals surface area (Å²) in [5.41, 5.74) is 1.23. The summed E-state index contributed by atoms with van der Waals surface area (Å²) in [6.45, 7) is 3.50. The van der Waals surface area contributed by atoms with Gasteiger partial charge in [-0.15, -0.1) is 0 Å². The number of carbonyl (C=O) groups excluding carboxylic acids is 1. The van der Waals surface area contributed by atoms with Crippen LogP contribution in [0.4, 0.5) is 0 Å². The lowest BCUT2D eigenvalue weighted by atomic mass is 10.1. The maximum Gasteiger partial charge on any atom is 0.344 e. The molecule has 0 saturated carbocycles. The van der Waals surface area contributed by atoms with E-state index in [1.54, 1.807) is 24.3 Å². The third-order valence-corrected chi connectivity index (χ3v) is 4.51. The van der Waals surface area contributed by atoms with Crippen LogP contribution < -0.4 is 15.7 Å². The highest BCUT2D eigenvalue weighted by molar-refractivity contribution is 5.83. The van der Waals surface area contributed by atoms with Gasteiger partial charge in [-0.05, 0) is 29.7 Å². The topological polar surface area (TPSA) is 88.8 Å². The molecule has 28 heavy (non-hydrogen) atoms. The smallest absolute Gasteiger partial charge is 0.344 e. The minimum absolute atomic E-state index is 0.114. The summed E-state index contributed by atoms with van der Waals surface area (Å²) in [4.78, 5) is 24.3. The molecule has 1 amide bonds. The Bertz CT molecular complexity index is 1010. The third-order valence-electron chi connectivity index (χ3n) is 4.51. The van der Waals surface area contributed by atoms with Crippen molar-refractivity contribution in [1.82, 2.24) is 5.32 Å². The van der Waals surface area contributed by atoms with E-state index in [9.17, 15) is 14.7 Å². The largest absolute Gasteiger partial charge is 0.484 e. The van der Waals surface area contributed by atoms with Crippen molar-refractivity contribution in [3.63, 3.8) is 0 Å². The molecule has 0 unspecified atom stereocenters. The zero-order valence-electron chi connectivity index (χ0n) is 15.8. The van der Waals surface area contributed by atoms with E-state index in [1.165, 1.54) is 0 Å². The fraction of sp³-hybridized carbons (Fsp3) is 0.273. The Labute approximate surface area is 162 Å². The number of ether oxygens (including phenoxy) is 1. The van der Waals surface area contributed by atoms with Gasteiger partial charge >= 0.3 is 5.63 Å². The Balaban J connectivity index is 1.74. The molecule has 0 radical (unpaired) electrons. The number of aliphatic hydroxyl groups excluding tert-OH is 1. The van der Waals surface area contributed by atoms with Gasteiger partial charge in [-0.25, -0.2) is 4.79 Å². The summed E-state index contributed by atoms with van der Waals surface area (Å²) in [6, 6.07) is 15.9. The van der Waals surface area contributed by atoms with Crippen LogP contribution in [0.2, 0.25) is 0 Å². The minimum Gasteiger partial charge on any atom is -0.484 e. The predicted molar refractivity (Wildman–Crippen MR) is 107 cm³/mol. The standard InChI is InChI=1S/C22H23NO5/c1-14(2)19(12-24)23-21(25)13-27-17-9-8-16-10-18(15-6-4-3-5-7-15)22(26)28-20(16)11-17/h3-11,14,19,24H,12-13H2,1-2H3,(H,23,25)/t19-/m1/s1. The van der Waals surface area contributed by atoms with E-state index >= 15 is 0 Å². The van der Waals surface area contributed by atoms with Gasteiger partial charge in [0.15, 0.2) is 6.61 Å². The highest BCUT2D eigenvalue weighted by atomic mass is 16.5. The number of fused-ring (bicyclic) bond motifs is 1. The van der Waals surface area contributed by atoms with Crippen LogP contribution in [0, 0.1) is 5.92 Å². The van der Waals surface area contributed by atoms with E-state index < -0.39 is 5.63 Å². The van der Waals surface area contributed by atoms with E-state index in [0.717, 1.165) is 10.9 Å². The highest BCUT2D eigenvalue weighted by Gasteiger charge is 2.15. The van der Waals surface area contributed by atoms with Crippen LogP contribution >= 0.6 is 0 Å². The lowest BCUT2D eigenvalue weighted by molar-refractivity contribution is -0.124. The average molecular weight is 381 g/mol. The zero-order valence-corrected chi connectivity index (χ0v) is 15.8. The molecular formula is C22H23NO5. The second-order valence-electron chi connectivity index (χ2n) is 6.90. The lowest BCUT2D eigenvalue weighted by Crippen LogP contribution is -2.43. The number of carbonyl (C=O) groups is 1. The van der Waals surface area contributed by atoms with Crippen molar-refractivity contribution in [2.45, 2.75) is 19.9 Å². The highest BCUT2D eigenvalue weighted by Crippen LogP contribution is 2.24. The number of hydrogen-bond donors (Lipinski definition) is 2. The first-order valence-electron chi connectivity index (χ1n) is 9.14. The lowest BCUT2D eigenvalue weighted by Gasteiger charge is -2.19. The Morgan fingerprint density at radius 2 is 1.89 bits per heavy atom. The molecule has 3 aromatic rings. The molecule has 0 aliphatic carbocycles. The predicted octanol–water partition coefficient (Wildman–Crippen LogP) is 2.97. The van der Waals surface area contributed by atoms with Gasteiger partial charge in [-0.3, -0.25) is 4.79 Å². The van der Waals surface area contributed by atoms with Gasteiger partial charge in [-0.1, -0.05) is 44.2 Å². The third kappa shape index (κ3) is 4.58. The van der Waals surface area contributed by atoms with E-state index in [0.29, 0.717) is 16.9 Å². The number of amides is 1. The van der Waals surface area contributed by atoms with Gasteiger partial charge in [-0.2, -0.15) is 0 Å². The second-order valence-corrected chi connectivity index (χ2v) is 6.90. The van der Waals surface area contributed by atoms with Crippen molar-refractivity contribution in [2.75, 3.05) is 13.2 Å². The molecule has 0 saturated heterocycles. The fourth-order valence-electron chi connectivity index (χ4n) is 2.82. The van der Waals surface area contributed by atoms with Crippen LogP contribution in [0.25, 0.3) is 22.1 Å². The van der Waals surface area contributed by atoms with Crippen LogP contribution in [0.15, 0.2) is 63.8 Å². The molecule has 2 N–H and O–H groups in total. The molecule has 6 nitrogen and oxygen atoms in total. The van der Waals surface area contributed by atoms with E-state index in [4.69, 9.17) is 9.15 Å². The van der Waals surface area contributed by atoms with Crippen molar-refractivity contribution < 1.29 is 19.1 Å². The van der Waals surface area contributed by atoms with Crippen molar-refractivity contribution in [3.05, 3.63) is 65.0 Å². The van der Waals surface area contributed by atoms with E-state index in [1.807, 2.05) is 44.2 Å². The molecule has 1 atom stereocenters. The molecule has 0 aliphatic rings. The van der Waals surface area contributed by atoms with Crippen LogP contribution in [-0.2, 0) is 4.79 Å².